The number of hydrogen-bond donors (Lipinski definition) is 4. The molecule has 4 amide bonds. The fourth-order valence-corrected chi connectivity index (χ4v) is 6.08. The van der Waals surface area contributed by atoms with Gasteiger partial charge >= 0.3 is 12.1 Å². The molecule has 2 fully saturated rings. The summed E-state index contributed by atoms with van der Waals surface area (Å²) >= 11 is 5.99. The van der Waals surface area contributed by atoms with Crippen molar-refractivity contribution in [3.8, 4) is 0 Å². The smallest absolute Gasteiger partial charge is 0.368 e. The molecule has 5 N–H and O–H groups in total. The first-order valence-corrected chi connectivity index (χ1v) is 13.7. The fourth-order valence-electron chi connectivity index (χ4n) is 5.91. The van der Waals surface area contributed by atoms with Gasteiger partial charge in [-0.05, 0) is 46.3 Å². The minimum atomic E-state index is -5.21. The average molecular weight is 612 g/mol. The second-order valence-electron chi connectivity index (χ2n) is 12.7. The lowest BCUT2D eigenvalue weighted by molar-refractivity contribution is -0.176. The van der Waals surface area contributed by atoms with Crippen LogP contribution in [0.5, 0.6) is 0 Å². The molecule has 1 aliphatic carbocycles. The Hall–Kier alpha value is -3.61. The molecule has 1 saturated carbocycles. The average Bonchev–Trinajstić information content (AvgIpc) is 3.19. The van der Waals surface area contributed by atoms with Gasteiger partial charge in [0.05, 0.1) is 0 Å². The Morgan fingerprint density at radius 3 is 2.36 bits per heavy atom. The number of nitrogens with one attached hydrogen (secondary N) is 3. The highest BCUT2D eigenvalue weighted by Gasteiger charge is 2.70. The molecule has 2 aromatic rings. The van der Waals surface area contributed by atoms with Gasteiger partial charge in [-0.1, -0.05) is 52.3 Å². The number of fused-ring (bicyclic) bond motifs is 2. The van der Waals surface area contributed by atoms with Gasteiger partial charge in [0.15, 0.2) is 0 Å². The Labute approximate surface area is 244 Å². The van der Waals surface area contributed by atoms with E-state index in [0.29, 0.717) is 15.9 Å². The molecule has 0 radical (unpaired) electrons. The molecule has 42 heavy (non-hydrogen) atoms. The summed E-state index contributed by atoms with van der Waals surface area (Å²) in [5.74, 6) is -5.24. The minimum absolute atomic E-state index is 0.0806. The van der Waals surface area contributed by atoms with Crippen molar-refractivity contribution in [1.82, 2.24) is 20.5 Å². The number of nitrogens with zero attached hydrogens (tertiary/aromatic N) is 1. The number of piperidine rings is 1. The van der Waals surface area contributed by atoms with E-state index in [-0.39, 0.29) is 35.8 Å². The van der Waals surface area contributed by atoms with Crippen molar-refractivity contribution in [2.75, 3.05) is 6.54 Å². The SMILES string of the molecule is CC(C)(C)[C@H](NC(=O)C(F)(F)F)C(=O)N1C[C@H]2[C@@H]([C@H]1C(=O)NC(Cc1cc3ccc(Cl)cc3[nH]c1=O)C(N)=O)C2(C)C. The first kappa shape index (κ1) is 31.3. The largest absolute Gasteiger partial charge is 0.471 e. The molecule has 1 saturated heterocycles. The molecule has 14 heteroatoms. The zero-order chi connectivity index (χ0) is 31.5. The van der Waals surface area contributed by atoms with Gasteiger partial charge in [0.25, 0.3) is 5.56 Å². The van der Waals surface area contributed by atoms with Gasteiger partial charge in [0.1, 0.15) is 18.1 Å². The lowest BCUT2D eigenvalue weighted by atomic mass is 9.85. The number of nitrogens with two attached hydrogens (primary N) is 1. The number of amides is 4. The topological polar surface area (TPSA) is 154 Å². The Kier molecular flexibility index (Phi) is 7.90. The van der Waals surface area contributed by atoms with Crippen LogP contribution in [0.4, 0.5) is 13.2 Å². The molecule has 228 valence electrons. The zero-order valence-electron chi connectivity index (χ0n) is 23.7. The molecule has 5 atom stereocenters. The second kappa shape index (κ2) is 10.6. The number of likely N-dealkylation sites (tertiary alicyclic amines) is 1. The summed E-state index contributed by atoms with van der Waals surface area (Å²) in [4.78, 5) is 68.1. The molecule has 1 unspecified atom stereocenters. The molecule has 1 aromatic heterocycles. The summed E-state index contributed by atoms with van der Waals surface area (Å²) in [7, 11) is 0. The van der Waals surface area contributed by atoms with Crippen LogP contribution in [0.1, 0.15) is 40.2 Å². The van der Waals surface area contributed by atoms with Crippen LogP contribution in [0, 0.1) is 22.7 Å². The molecule has 10 nitrogen and oxygen atoms in total. The van der Waals surface area contributed by atoms with Gasteiger partial charge in [-0.3, -0.25) is 24.0 Å². The first-order chi connectivity index (χ1) is 19.2. The van der Waals surface area contributed by atoms with Crippen LogP contribution in [0.25, 0.3) is 10.9 Å². The van der Waals surface area contributed by atoms with Gasteiger partial charge < -0.3 is 26.3 Å². The van der Waals surface area contributed by atoms with Crippen molar-refractivity contribution in [1.29, 1.82) is 0 Å². The fraction of sp³-hybridized carbons (Fsp3) is 0.536. The maximum atomic E-state index is 13.7. The Balaban J connectivity index is 1.60. The Morgan fingerprint density at radius 1 is 1.14 bits per heavy atom. The van der Waals surface area contributed by atoms with Gasteiger partial charge in [-0.15, -0.1) is 0 Å². The summed E-state index contributed by atoms with van der Waals surface area (Å²) in [6, 6.07) is 2.37. The molecule has 1 aliphatic heterocycles. The lowest BCUT2D eigenvalue weighted by Crippen LogP contribution is -2.61. The van der Waals surface area contributed by atoms with Crippen molar-refractivity contribution >= 4 is 46.1 Å². The van der Waals surface area contributed by atoms with Crippen LogP contribution in [0.3, 0.4) is 0 Å². The van der Waals surface area contributed by atoms with E-state index in [2.05, 4.69) is 10.3 Å². The number of alkyl halides is 3. The van der Waals surface area contributed by atoms with E-state index in [4.69, 9.17) is 17.3 Å². The summed E-state index contributed by atoms with van der Waals surface area (Å²) in [5.41, 5.74) is 4.24. The van der Waals surface area contributed by atoms with Crippen LogP contribution in [-0.4, -0.2) is 64.4 Å². The van der Waals surface area contributed by atoms with Crippen molar-refractivity contribution in [3.63, 3.8) is 0 Å². The number of hydrogen-bond acceptors (Lipinski definition) is 5. The Morgan fingerprint density at radius 2 is 1.79 bits per heavy atom. The van der Waals surface area contributed by atoms with E-state index >= 15 is 0 Å². The van der Waals surface area contributed by atoms with Crippen molar-refractivity contribution in [2.24, 2.45) is 28.4 Å². The van der Waals surface area contributed by atoms with Crippen LogP contribution in [0.2, 0.25) is 5.02 Å². The third-order valence-corrected chi connectivity index (χ3v) is 8.61. The molecule has 1 aromatic carbocycles. The van der Waals surface area contributed by atoms with Crippen LogP contribution in [0.15, 0.2) is 29.1 Å². The highest BCUT2D eigenvalue weighted by molar-refractivity contribution is 6.31. The van der Waals surface area contributed by atoms with E-state index < -0.39 is 58.9 Å². The van der Waals surface area contributed by atoms with Crippen LogP contribution in [-0.2, 0) is 25.6 Å². The van der Waals surface area contributed by atoms with Gasteiger partial charge in [0.2, 0.25) is 17.7 Å². The minimum Gasteiger partial charge on any atom is -0.368 e. The highest BCUT2D eigenvalue weighted by Crippen LogP contribution is 2.65. The summed E-state index contributed by atoms with van der Waals surface area (Å²) < 4.78 is 39.2. The third kappa shape index (κ3) is 5.97. The number of aromatic amines is 1. The number of pyridine rings is 1. The summed E-state index contributed by atoms with van der Waals surface area (Å²) in [6.07, 6.45) is -5.46. The number of rotatable bonds is 7. The lowest BCUT2D eigenvalue weighted by Gasteiger charge is -2.38. The van der Waals surface area contributed by atoms with Gasteiger partial charge in [-0.25, -0.2) is 0 Å². The predicted octanol–water partition coefficient (Wildman–Crippen LogP) is 2.27. The Bertz CT molecular complexity index is 1520. The standard InChI is InChI=1S/C28H33ClF3N5O5/c1-26(2,3)20(36-25(42)28(30,31)32)24(41)37-11-15-18(27(15,4)5)19(37)23(40)35-17(21(33)38)9-13-8-12-6-7-14(29)10-16(12)34-22(13)39/h6-8,10,15,17-20H,9,11H2,1-5H3,(H2,33,38)(H,34,39)(H,35,40)(H,36,42)/t15-,17?,18-,19-,20+/m0/s1. The maximum absolute atomic E-state index is 13.7. The van der Waals surface area contributed by atoms with E-state index in [1.807, 2.05) is 13.8 Å². The van der Waals surface area contributed by atoms with Crippen molar-refractivity contribution < 1.29 is 32.3 Å². The van der Waals surface area contributed by atoms with E-state index in [1.165, 1.54) is 25.7 Å². The normalized spacial score (nSPS) is 22.7. The number of aromatic nitrogens is 1. The van der Waals surface area contributed by atoms with Gasteiger partial charge in [-0.2, -0.15) is 13.2 Å². The molecule has 2 heterocycles. The number of primary amides is 1. The molecule has 0 spiro atoms. The number of H-pyrrole nitrogens is 1. The molecular formula is C28H33ClF3N5O5. The number of carbonyl (C=O) groups is 4. The van der Waals surface area contributed by atoms with E-state index in [0.717, 1.165) is 0 Å². The molecule has 2 aliphatic rings. The number of halogens is 4. The summed E-state index contributed by atoms with van der Waals surface area (Å²) in [6.45, 7) is 8.39. The summed E-state index contributed by atoms with van der Waals surface area (Å²) in [5, 5.41) is 5.40. The molecular weight excluding hydrogens is 579 g/mol. The van der Waals surface area contributed by atoms with Crippen LogP contribution >= 0.6 is 11.6 Å². The maximum Gasteiger partial charge on any atom is 0.471 e. The first-order valence-electron chi connectivity index (χ1n) is 13.3. The van der Waals surface area contributed by atoms with Crippen molar-refractivity contribution in [3.05, 3.63) is 45.2 Å². The number of carbonyl (C=O) groups excluding carboxylic acids is 4. The second-order valence-corrected chi connectivity index (χ2v) is 13.1. The quantitative estimate of drug-likeness (QED) is 0.378. The monoisotopic (exact) mass is 611 g/mol. The van der Waals surface area contributed by atoms with Crippen LogP contribution < -0.4 is 21.9 Å². The molecule has 4 rings (SSSR count). The predicted molar refractivity (Wildman–Crippen MR) is 148 cm³/mol. The third-order valence-electron chi connectivity index (χ3n) is 8.37. The highest BCUT2D eigenvalue weighted by atomic mass is 35.5. The number of benzene rings is 1. The van der Waals surface area contributed by atoms with E-state index in [1.54, 1.807) is 29.6 Å². The van der Waals surface area contributed by atoms with E-state index in [9.17, 15) is 37.1 Å². The van der Waals surface area contributed by atoms with Crippen molar-refractivity contribution in [2.45, 2.75) is 65.3 Å². The molecule has 0 bridgehead atoms. The zero-order valence-corrected chi connectivity index (χ0v) is 24.4. The van der Waals surface area contributed by atoms with Gasteiger partial charge in [0, 0.05) is 29.1 Å².